The number of sulfone groups is 2. The van der Waals surface area contributed by atoms with E-state index in [0.717, 1.165) is 0 Å². The molecule has 0 fully saturated rings. The van der Waals surface area contributed by atoms with E-state index in [2.05, 4.69) is 0 Å². The normalized spacial score (nSPS) is 12.8. The Hall–Kier alpha value is -2.22. The number of hydrogen-bond donors (Lipinski definition) is 0. The number of rotatable bonds is 4. The van der Waals surface area contributed by atoms with Crippen LogP contribution in [0.1, 0.15) is 25.0 Å². The third-order valence-electron chi connectivity index (χ3n) is 3.95. The topological polar surface area (TPSA) is 68.3 Å². The van der Waals surface area contributed by atoms with Gasteiger partial charge in [0.15, 0.2) is 19.7 Å². The van der Waals surface area contributed by atoms with Gasteiger partial charge in [0.1, 0.15) is 21.4 Å². The van der Waals surface area contributed by atoms with Gasteiger partial charge in [-0.3, -0.25) is 0 Å². The molecule has 0 aliphatic heterocycles. The van der Waals surface area contributed by atoms with Crippen LogP contribution < -0.4 is 0 Å². The molecule has 0 aromatic heterocycles. The van der Waals surface area contributed by atoms with E-state index in [1.165, 1.54) is 13.8 Å². The summed E-state index contributed by atoms with van der Waals surface area (Å²) in [5.74, 6) is -3.25. The molecule has 2 aromatic rings. The first-order valence-corrected chi connectivity index (χ1v) is 11.9. The minimum absolute atomic E-state index is 0.314. The van der Waals surface area contributed by atoms with E-state index in [1.54, 1.807) is 0 Å². The number of halogens is 8. The lowest BCUT2D eigenvalue weighted by atomic mass is 10.2. The van der Waals surface area contributed by atoms with E-state index < -0.39 is 76.1 Å². The molecular formula is C18H16F8O4S2. The number of benzene rings is 2. The van der Waals surface area contributed by atoms with Gasteiger partial charge in [0, 0.05) is 0 Å². The second-order valence-electron chi connectivity index (χ2n) is 6.09. The summed E-state index contributed by atoms with van der Waals surface area (Å²) in [4.78, 5) is -1.82. The Bertz CT molecular complexity index is 1070. The van der Waals surface area contributed by atoms with Gasteiger partial charge in [0.2, 0.25) is 0 Å². The molecular weight excluding hydrogens is 496 g/mol. The third kappa shape index (κ3) is 6.89. The molecule has 2 rings (SSSR count). The van der Waals surface area contributed by atoms with Crippen molar-refractivity contribution in [1.82, 2.24) is 0 Å². The molecule has 0 saturated heterocycles. The summed E-state index contributed by atoms with van der Waals surface area (Å²) in [5.41, 5.74) is -2.36. The van der Waals surface area contributed by atoms with E-state index in [0.29, 0.717) is 36.4 Å². The number of hydrogen-bond acceptors (Lipinski definition) is 4. The molecule has 0 atom stereocenters. The Labute approximate surface area is 178 Å². The highest BCUT2D eigenvalue weighted by molar-refractivity contribution is 7.91. The maximum Gasteiger partial charge on any atom is 0.416 e. The Morgan fingerprint density at radius 2 is 0.906 bits per heavy atom. The van der Waals surface area contributed by atoms with Crippen molar-refractivity contribution in [2.45, 2.75) is 36.0 Å². The standard InChI is InChI=1S/2C9H8F4O2S/c2*1-2-16(14,15)8-5-6(9(11,12)13)3-4-7(8)10/h2*3-5H,2H2,1H3. The fraction of sp³-hybridized carbons (Fsp3) is 0.333. The van der Waals surface area contributed by atoms with Crippen LogP contribution in [0.2, 0.25) is 0 Å². The molecule has 0 radical (unpaired) electrons. The van der Waals surface area contributed by atoms with Gasteiger partial charge in [-0.1, -0.05) is 13.8 Å². The van der Waals surface area contributed by atoms with E-state index in [1.807, 2.05) is 0 Å². The smallest absolute Gasteiger partial charge is 0.224 e. The third-order valence-corrected chi connectivity index (χ3v) is 7.43. The van der Waals surface area contributed by atoms with Gasteiger partial charge < -0.3 is 0 Å². The van der Waals surface area contributed by atoms with Crippen molar-refractivity contribution in [2.24, 2.45) is 0 Å². The maximum atomic E-state index is 13.1. The summed E-state index contributed by atoms with van der Waals surface area (Å²) in [6.07, 6.45) is -9.38. The minimum atomic E-state index is -4.69. The van der Waals surface area contributed by atoms with Crippen molar-refractivity contribution in [3.8, 4) is 0 Å². The maximum absolute atomic E-state index is 13.1. The van der Waals surface area contributed by atoms with Gasteiger partial charge >= 0.3 is 12.4 Å². The van der Waals surface area contributed by atoms with Crippen molar-refractivity contribution in [2.75, 3.05) is 11.5 Å². The van der Waals surface area contributed by atoms with Gasteiger partial charge in [-0.15, -0.1) is 0 Å². The quantitative estimate of drug-likeness (QED) is 0.523. The van der Waals surface area contributed by atoms with Crippen LogP contribution in [0.4, 0.5) is 35.1 Å². The molecule has 2 aromatic carbocycles. The first-order valence-electron chi connectivity index (χ1n) is 8.55. The average Bonchev–Trinajstić information content (AvgIpc) is 2.67. The van der Waals surface area contributed by atoms with Crippen LogP contribution in [0.5, 0.6) is 0 Å². The summed E-state index contributed by atoms with van der Waals surface area (Å²) in [7, 11) is -7.97. The summed E-state index contributed by atoms with van der Waals surface area (Å²) in [6.45, 7) is 2.46. The second-order valence-corrected chi connectivity index (χ2v) is 10.6. The highest BCUT2D eigenvalue weighted by Crippen LogP contribution is 2.32. The molecule has 32 heavy (non-hydrogen) atoms. The van der Waals surface area contributed by atoms with Crippen molar-refractivity contribution < 1.29 is 52.0 Å². The summed E-state index contributed by atoms with van der Waals surface area (Å²) >= 11 is 0. The van der Waals surface area contributed by atoms with Gasteiger partial charge in [0.05, 0.1) is 22.6 Å². The van der Waals surface area contributed by atoms with Crippen molar-refractivity contribution in [3.05, 3.63) is 59.2 Å². The highest BCUT2D eigenvalue weighted by Gasteiger charge is 2.33. The molecule has 4 nitrogen and oxygen atoms in total. The molecule has 0 N–H and O–H groups in total. The van der Waals surface area contributed by atoms with Crippen LogP contribution in [0.3, 0.4) is 0 Å². The molecule has 180 valence electrons. The van der Waals surface area contributed by atoms with Gasteiger partial charge in [-0.2, -0.15) is 26.3 Å². The summed E-state index contributed by atoms with van der Waals surface area (Å²) in [5, 5.41) is 0. The Balaban J connectivity index is 0.000000320. The fourth-order valence-electron chi connectivity index (χ4n) is 2.15. The Morgan fingerprint density at radius 1 is 0.625 bits per heavy atom. The lowest BCUT2D eigenvalue weighted by Gasteiger charge is -2.09. The molecule has 14 heteroatoms. The molecule has 0 unspecified atom stereocenters. The van der Waals surface area contributed by atoms with Crippen LogP contribution in [-0.2, 0) is 32.0 Å². The lowest BCUT2D eigenvalue weighted by Crippen LogP contribution is -2.11. The SMILES string of the molecule is CCS(=O)(=O)c1cc(C(F)(F)F)ccc1F.CCS(=O)(=O)c1cc(C(F)(F)F)ccc1F. The average molecular weight is 512 g/mol. The van der Waals surface area contributed by atoms with Crippen LogP contribution in [0.25, 0.3) is 0 Å². The predicted molar refractivity (Wildman–Crippen MR) is 98.3 cm³/mol. The zero-order chi connectivity index (χ0) is 25.1. The van der Waals surface area contributed by atoms with Crippen LogP contribution in [-0.4, -0.2) is 28.3 Å². The second kappa shape index (κ2) is 9.73. The molecule has 0 aliphatic carbocycles. The van der Waals surface area contributed by atoms with Gasteiger partial charge in [0.25, 0.3) is 0 Å². The van der Waals surface area contributed by atoms with Crippen molar-refractivity contribution >= 4 is 19.7 Å². The van der Waals surface area contributed by atoms with Gasteiger partial charge in [-0.25, -0.2) is 25.6 Å². The van der Waals surface area contributed by atoms with Gasteiger partial charge in [-0.05, 0) is 36.4 Å². The largest absolute Gasteiger partial charge is 0.416 e. The molecule has 0 aliphatic rings. The molecule has 0 amide bonds. The Morgan fingerprint density at radius 3 is 1.12 bits per heavy atom. The Kier molecular flexibility index (Phi) is 8.46. The monoisotopic (exact) mass is 512 g/mol. The van der Waals surface area contributed by atoms with Crippen LogP contribution in [0.15, 0.2) is 46.2 Å². The first-order chi connectivity index (χ1) is 14.4. The number of alkyl halides is 6. The zero-order valence-electron chi connectivity index (χ0n) is 16.4. The van der Waals surface area contributed by atoms with Crippen LogP contribution in [0, 0.1) is 11.6 Å². The molecule has 0 bridgehead atoms. The highest BCUT2D eigenvalue weighted by atomic mass is 32.2. The van der Waals surface area contributed by atoms with E-state index in [9.17, 15) is 52.0 Å². The summed E-state index contributed by atoms with van der Waals surface area (Å²) < 4.78 is 145. The van der Waals surface area contributed by atoms with Crippen molar-refractivity contribution in [1.29, 1.82) is 0 Å². The van der Waals surface area contributed by atoms with E-state index >= 15 is 0 Å². The molecule has 0 heterocycles. The molecule has 0 spiro atoms. The molecule has 0 saturated carbocycles. The van der Waals surface area contributed by atoms with Crippen molar-refractivity contribution in [3.63, 3.8) is 0 Å². The fourth-order valence-corrected chi connectivity index (χ4v) is 4.11. The van der Waals surface area contributed by atoms with E-state index in [-0.39, 0.29) is 0 Å². The zero-order valence-corrected chi connectivity index (χ0v) is 18.0. The van der Waals surface area contributed by atoms with E-state index in [4.69, 9.17) is 0 Å². The predicted octanol–water partition coefficient (Wildman–Crippen LogP) is 5.28. The minimum Gasteiger partial charge on any atom is -0.224 e. The first kappa shape index (κ1) is 27.8. The summed E-state index contributed by atoms with van der Waals surface area (Å²) in [6, 6.07) is 2.65. The lowest BCUT2D eigenvalue weighted by molar-refractivity contribution is -0.138. The van der Waals surface area contributed by atoms with Crippen LogP contribution >= 0.6 is 0 Å².